The zero-order valence-electron chi connectivity index (χ0n) is 8.57. The van der Waals surface area contributed by atoms with E-state index in [1.54, 1.807) is 7.11 Å². The second-order valence-corrected chi connectivity index (χ2v) is 3.60. The molecule has 0 atom stereocenters. The van der Waals surface area contributed by atoms with Crippen molar-refractivity contribution in [2.45, 2.75) is 19.3 Å². The molecule has 0 aliphatic carbocycles. The summed E-state index contributed by atoms with van der Waals surface area (Å²) >= 11 is 0. The molecule has 1 aromatic rings. The Morgan fingerprint density at radius 2 is 2.07 bits per heavy atom. The van der Waals surface area contributed by atoms with Gasteiger partial charge in [-0.15, -0.1) is 0 Å². The summed E-state index contributed by atoms with van der Waals surface area (Å²) < 4.78 is 5.11. The van der Waals surface area contributed by atoms with E-state index >= 15 is 0 Å². The van der Waals surface area contributed by atoms with E-state index in [0.29, 0.717) is 5.88 Å². The Balaban J connectivity index is 2.13. The molecule has 2 heterocycles. The molecule has 1 aliphatic rings. The number of aromatic nitrogens is 1. The van der Waals surface area contributed by atoms with Crippen LogP contribution >= 0.6 is 0 Å². The number of pyridine rings is 1. The van der Waals surface area contributed by atoms with Crippen molar-refractivity contribution in [3.8, 4) is 5.88 Å². The van der Waals surface area contributed by atoms with Crippen LogP contribution in [0.15, 0.2) is 18.3 Å². The van der Waals surface area contributed by atoms with Gasteiger partial charge in [0.1, 0.15) is 0 Å². The number of hydrogen-bond acceptors (Lipinski definition) is 3. The fourth-order valence-corrected chi connectivity index (χ4v) is 1.86. The smallest absolute Gasteiger partial charge is 0.214 e. The lowest BCUT2D eigenvalue weighted by atomic mass is 10.1. The molecule has 3 nitrogen and oxygen atoms in total. The second kappa shape index (κ2) is 4.31. The van der Waals surface area contributed by atoms with Gasteiger partial charge in [0.15, 0.2) is 0 Å². The van der Waals surface area contributed by atoms with Crippen LogP contribution in [-0.2, 0) is 0 Å². The van der Waals surface area contributed by atoms with Gasteiger partial charge < -0.3 is 9.64 Å². The van der Waals surface area contributed by atoms with E-state index in [4.69, 9.17) is 4.74 Å². The molecule has 0 spiro atoms. The molecule has 76 valence electrons. The van der Waals surface area contributed by atoms with Crippen molar-refractivity contribution in [3.63, 3.8) is 0 Å². The van der Waals surface area contributed by atoms with Gasteiger partial charge in [-0.05, 0) is 25.3 Å². The number of piperidine rings is 1. The number of anilines is 1. The van der Waals surface area contributed by atoms with E-state index < -0.39 is 0 Å². The fourth-order valence-electron chi connectivity index (χ4n) is 1.86. The van der Waals surface area contributed by atoms with Gasteiger partial charge >= 0.3 is 0 Å². The van der Waals surface area contributed by atoms with Crippen molar-refractivity contribution in [2.75, 3.05) is 25.1 Å². The SMILES string of the molecule is COc1cc(N2CCCCC2)ccn1. The predicted octanol–water partition coefficient (Wildman–Crippen LogP) is 2.08. The summed E-state index contributed by atoms with van der Waals surface area (Å²) in [7, 11) is 1.66. The maximum Gasteiger partial charge on any atom is 0.214 e. The van der Waals surface area contributed by atoms with Crippen molar-refractivity contribution in [2.24, 2.45) is 0 Å². The van der Waals surface area contributed by atoms with Gasteiger partial charge in [-0.1, -0.05) is 0 Å². The Morgan fingerprint density at radius 3 is 2.79 bits per heavy atom. The second-order valence-electron chi connectivity index (χ2n) is 3.60. The molecular weight excluding hydrogens is 176 g/mol. The predicted molar refractivity (Wildman–Crippen MR) is 56.9 cm³/mol. The maximum atomic E-state index is 5.11. The topological polar surface area (TPSA) is 25.4 Å². The van der Waals surface area contributed by atoms with Crippen molar-refractivity contribution >= 4 is 5.69 Å². The Bertz CT molecular complexity index is 295. The summed E-state index contributed by atoms with van der Waals surface area (Å²) in [6.45, 7) is 2.32. The van der Waals surface area contributed by atoms with Crippen molar-refractivity contribution < 1.29 is 4.74 Å². The Kier molecular flexibility index (Phi) is 2.87. The highest BCUT2D eigenvalue weighted by Gasteiger charge is 2.11. The van der Waals surface area contributed by atoms with Crippen LogP contribution in [0.5, 0.6) is 5.88 Å². The molecule has 0 aromatic carbocycles. The third-order valence-corrected chi connectivity index (χ3v) is 2.65. The van der Waals surface area contributed by atoms with Crippen LogP contribution in [0.3, 0.4) is 0 Å². The van der Waals surface area contributed by atoms with Gasteiger partial charge in [-0.25, -0.2) is 4.98 Å². The van der Waals surface area contributed by atoms with Gasteiger partial charge in [0.05, 0.1) is 7.11 Å². The van der Waals surface area contributed by atoms with E-state index in [1.165, 1.54) is 24.9 Å². The highest BCUT2D eigenvalue weighted by Crippen LogP contribution is 2.21. The molecule has 0 N–H and O–H groups in total. The first-order valence-electron chi connectivity index (χ1n) is 5.15. The van der Waals surface area contributed by atoms with E-state index in [1.807, 2.05) is 18.3 Å². The van der Waals surface area contributed by atoms with Crippen molar-refractivity contribution in [1.82, 2.24) is 4.98 Å². The molecule has 0 radical (unpaired) electrons. The van der Waals surface area contributed by atoms with E-state index in [9.17, 15) is 0 Å². The van der Waals surface area contributed by atoms with Crippen molar-refractivity contribution in [3.05, 3.63) is 18.3 Å². The number of ether oxygens (including phenoxy) is 1. The standard InChI is InChI=1S/C11H16N2O/c1-14-11-9-10(5-6-12-11)13-7-3-2-4-8-13/h5-6,9H,2-4,7-8H2,1H3. The molecule has 1 fully saturated rings. The molecule has 2 rings (SSSR count). The van der Waals surface area contributed by atoms with Crippen LogP contribution in [0.1, 0.15) is 19.3 Å². The van der Waals surface area contributed by atoms with Crippen molar-refractivity contribution in [1.29, 1.82) is 0 Å². The highest BCUT2D eigenvalue weighted by molar-refractivity contribution is 5.48. The lowest BCUT2D eigenvalue weighted by Gasteiger charge is -2.28. The third kappa shape index (κ3) is 1.97. The molecule has 14 heavy (non-hydrogen) atoms. The number of methoxy groups -OCH3 is 1. The normalized spacial score (nSPS) is 16.8. The summed E-state index contributed by atoms with van der Waals surface area (Å²) in [4.78, 5) is 6.50. The minimum atomic E-state index is 0.702. The Labute approximate surface area is 84.7 Å². The first-order chi connectivity index (χ1) is 6.90. The molecular formula is C11H16N2O. The van der Waals surface area contributed by atoms with Gasteiger partial charge in [0.2, 0.25) is 5.88 Å². The molecule has 1 aromatic heterocycles. The fraction of sp³-hybridized carbons (Fsp3) is 0.545. The molecule has 3 heteroatoms. The lowest BCUT2D eigenvalue weighted by molar-refractivity contribution is 0.397. The van der Waals surface area contributed by atoms with Crippen LogP contribution in [0.4, 0.5) is 5.69 Å². The number of hydrogen-bond donors (Lipinski definition) is 0. The zero-order valence-corrected chi connectivity index (χ0v) is 8.57. The molecule has 0 amide bonds. The number of rotatable bonds is 2. The zero-order chi connectivity index (χ0) is 9.80. The molecule has 1 saturated heterocycles. The first-order valence-corrected chi connectivity index (χ1v) is 5.15. The van der Waals surface area contributed by atoms with Crippen LogP contribution in [0, 0.1) is 0 Å². The molecule has 0 saturated carbocycles. The lowest BCUT2D eigenvalue weighted by Crippen LogP contribution is -2.29. The first kappa shape index (κ1) is 9.31. The van der Waals surface area contributed by atoms with Gasteiger partial charge in [-0.2, -0.15) is 0 Å². The van der Waals surface area contributed by atoms with Gasteiger partial charge in [0.25, 0.3) is 0 Å². The molecule has 0 unspecified atom stereocenters. The third-order valence-electron chi connectivity index (χ3n) is 2.65. The van der Waals surface area contributed by atoms with Gasteiger partial charge in [-0.3, -0.25) is 0 Å². The van der Waals surface area contributed by atoms with E-state index in [2.05, 4.69) is 9.88 Å². The largest absolute Gasteiger partial charge is 0.481 e. The average Bonchev–Trinajstić information content (AvgIpc) is 2.30. The van der Waals surface area contributed by atoms with E-state index in [0.717, 1.165) is 13.1 Å². The van der Waals surface area contributed by atoms with Crippen LogP contribution < -0.4 is 9.64 Å². The maximum absolute atomic E-state index is 5.11. The van der Waals surface area contributed by atoms with E-state index in [-0.39, 0.29) is 0 Å². The summed E-state index contributed by atoms with van der Waals surface area (Å²) in [5, 5.41) is 0. The van der Waals surface area contributed by atoms with Crippen LogP contribution in [-0.4, -0.2) is 25.2 Å². The average molecular weight is 192 g/mol. The Morgan fingerprint density at radius 1 is 1.29 bits per heavy atom. The minimum absolute atomic E-state index is 0.702. The van der Waals surface area contributed by atoms with Crippen LogP contribution in [0.25, 0.3) is 0 Å². The molecule has 0 bridgehead atoms. The number of nitrogens with zero attached hydrogens (tertiary/aromatic N) is 2. The quantitative estimate of drug-likeness (QED) is 0.717. The highest BCUT2D eigenvalue weighted by atomic mass is 16.5. The van der Waals surface area contributed by atoms with Gasteiger partial charge in [0, 0.05) is 31.0 Å². The summed E-state index contributed by atoms with van der Waals surface area (Å²) in [5.41, 5.74) is 1.23. The summed E-state index contributed by atoms with van der Waals surface area (Å²) in [6.07, 6.45) is 5.76. The van der Waals surface area contributed by atoms with Crippen LogP contribution in [0.2, 0.25) is 0 Å². The monoisotopic (exact) mass is 192 g/mol. The minimum Gasteiger partial charge on any atom is -0.481 e. The Hall–Kier alpha value is -1.25. The summed E-state index contributed by atoms with van der Waals surface area (Å²) in [6, 6.07) is 4.05. The molecule has 1 aliphatic heterocycles. The summed E-state index contributed by atoms with van der Waals surface area (Å²) in [5.74, 6) is 0.702.